The Labute approximate surface area is 95.2 Å². The van der Waals surface area contributed by atoms with Crippen molar-refractivity contribution >= 4 is 0 Å². The van der Waals surface area contributed by atoms with Gasteiger partial charge in [-0.15, -0.1) is 0 Å². The fraction of sp³-hybridized carbons (Fsp3) is 0.750. The summed E-state index contributed by atoms with van der Waals surface area (Å²) in [6, 6.07) is 0. The average molecular weight is 222 g/mol. The summed E-state index contributed by atoms with van der Waals surface area (Å²) < 4.78 is 11.0. The van der Waals surface area contributed by atoms with E-state index in [4.69, 9.17) is 14.9 Å². The molecule has 1 saturated heterocycles. The van der Waals surface area contributed by atoms with Crippen LogP contribution in [0.3, 0.4) is 0 Å². The van der Waals surface area contributed by atoms with Gasteiger partial charge in [-0.1, -0.05) is 0 Å². The number of rotatable bonds is 2. The number of oxazole rings is 1. The van der Waals surface area contributed by atoms with Crippen LogP contribution in [0, 0.1) is 0 Å². The van der Waals surface area contributed by atoms with E-state index in [1.165, 1.54) is 6.42 Å². The second-order valence-corrected chi connectivity index (χ2v) is 5.00. The Hall–Kier alpha value is -0.870. The second-order valence-electron chi connectivity index (χ2n) is 5.00. The van der Waals surface area contributed by atoms with Crippen molar-refractivity contribution in [2.75, 3.05) is 13.2 Å². The highest BCUT2D eigenvalue weighted by Crippen LogP contribution is 2.39. The van der Waals surface area contributed by atoms with E-state index in [1.54, 1.807) is 6.26 Å². The summed E-state index contributed by atoms with van der Waals surface area (Å²) in [4.78, 5) is 4.56. The zero-order chi connectivity index (χ0) is 11.0. The van der Waals surface area contributed by atoms with Crippen LogP contribution < -0.4 is 5.73 Å². The first kappa shape index (κ1) is 10.3. The summed E-state index contributed by atoms with van der Waals surface area (Å²) in [6.07, 6.45) is 7.19. The highest BCUT2D eigenvalue weighted by molar-refractivity contribution is 5.13. The van der Waals surface area contributed by atoms with E-state index >= 15 is 0 Å². The van der Waals surface area contributed by atoms with E-state index in [1.807, 2.05) is 0 Å². The van der Waals surface area contributed by atoms with Crippen LogP contribution in [-0.4, -0.2) is 18.2 Å². The lowest BCUT2D eigenvalue weighted by atomic mass is 9.78. The molecule has 1 aliphatic heterocycles. The molecule has 2 fully saturated rings. The topological polar surface area (TPSA) is 61.3 Å². The zero-order valence-electron chi connectivity index (χ0n) is 9.45. The fourth-order valence-electron chi connectivity index (χ4n) is 2.45. The molecule has 2 N–H and O–H groups in total. The number of nitrogens with two attached hydrogens (primary N) is 1. The molecule has 0 spiro atoms. The molecule has 1 unspecified atom stereocenters. The molecule has 3 rings (SSSR count). The van der Waals surface area contributed by atoms with Gasteiger partial charge in [-0.05, 0) is 32.1 Å². The van der Waals surface area contributed by atoms with Crippen LogP contribution >= 0.6 is 0 Å². The summed E-state index contributed by atoms with van der Waals surface area (Å²) >= 11 is 0. The van der Waals surface area contributed by atoms with Gasteiger partial charge in [-0.25, -0.2) is 4.98 Å². The van der Waals surface area contributed by atoms with Gasteiger partial charge in [0, 0.05) is 12.5 Å². The number of aromatic nitrogens is 1. The molecular formula is C12H18N2O2. The van der Waals surface area contributed by atoms with Gasteiger partial charge in [0.2, 0.25) is 5.89 Å². The quantitative estimate of drug-likeness (QED) is 0.830. The average Bonchev–Trinajstić information content (AvgIpc) is 2.77. The van der Waals surface area contributed by atoms with E-state index < -0.39 is 0 Å². The lowest BCUT2D eigenvalue weighted by molar-refractivity contribution is 0.0792. The van der Waals surface area contributed by atoms with Crippen molar-refractivity contribution in [2.45, 2.75) is 43.6 Å². The van der Waals surface area contributed by atoms with E-state index in [2.05, 4.69) is 4.98 Å². The van der Waals surface area contributed by atoms with Gasteiger partial charge in [-0.3, -0.25) is 0 Å². The molecule has 2 aliphatic rings. The highest BCUT2D eigenvalue weighted by atomic mass is 16.5. The molecule has 88 valence electrons. The molecule has 0 amide bonds. The van der Waals surface area contributed by atoms with E-state index in [-0.39, 0.29) is 5.54 Å². The Bertz CT molecular complexity index is 365. The predicted octanol–water partition coefficient (Wildman–Crippen LogP) is 1.91. The van der Waals surface area contributed by atoms with Crippen LogP contribution in [0.4, 0.5) is 0 Å². The Morgan fingerprint density at radius 1 is 1.38 bits per heavy atom. The smallest absolute Gasteiger partial charge is 0.214 e. The van der Waals surface area contributed by atoms with Crippen LogP contribution in [0.15, 0.2) is 10.7 Å². The molecule has 2 heterocycles. The number of nitrogens with zero attached hydrogens (tertiary/aromatic N) is 1. The Balaban J connectivity index is 1.76. The van der Waals surface area contributed by atoms with Gasteiger partial charge >= 0.3 is 0 Å². The summed E-state index contributed by atoms with van der Waals surface area (Å²) in [5.41, 5.74) is 6.92. The minimum atomic E-state index is -0.284. The van der Waals surface area contributed by atoms with Gasteiger partial charge < -0.3 is 14.9 Å². The first-order valence-electron chi connectivity index (χ1n) is 6.10. The maximum atomic E-state index is 6.18. The Kier molecular flexibility index (Phi) is 2.48. The van der Waals surface area contributed by atoms with Crippen molar-refractivity contribution in [2.24, 2.45) is 5.73 Å². The van der Waals surface area contributed by atoms with Crippen molar-refractivity contribution < 1.29 is 9.15 Å². The first-order valence-corrected chi connectivity index (χ1v) is 6.10. The van der Waals surface area contributed by atoms with E-state index in [0.717, 1.165) is 50.5 Å². The molecule has 1 aromatic rings. The molecule has 0 aromatic carbocycles. The van der Waals surface area contributed by atoms with E-state index in [0.29, 0.717) is 5.92 Å². The predicted molar refractivity (Wildman–Crippen MR) is 59.0 cm³/mol. The van der Waals surface area contributed by atoms with Gasteiger partial charge in [-0.2, -0.15) is 0 Å². The molecule has 0 bridgehead atoms. The third-order valence-corrected chi connectivity index (χ3v) is 3.77. The molecule has 4 nitrogen and oxygen atoms in total. The molecule has 16 heavy (non-hydrogen) atoms. The summed E-state index contributed by atoms with van der Waals surface area (Å²) in [6.45, 7) is 1.64. The number of hydrogen-bond acceptors (Lipinski definition) is 4. The van der Waals surface area contributed by atoms with Crippen molar-refractivity contribution in [3.63, 3.8) is 0 Å². The number of hydrogen-bond donors (Lipinski definition) is 1. The van der Waals surface area contributed by atoms with Crippen molar-refractivity contribution in [1.29, 1.82) is 0 Å². The normalized spacial score (nSPS) is 28.7. The highest BCUT2D eigenvalue weighted by Gasteiger charge is 2.39. The van der Waals surface area contributed by atoms with Crippen LogP contribution in [0.2, 0.25) is 0 Å². The molecule has 0 radical (unpaired) electrons. The molecule has 1 atom stereocenters. The van der Waals surface area contributed by atoms with Gasteiger partial charge in [0.25, 0.3) is 0 Å². The molecule has 1 aliphatic carbocycles. The largest absolute Gasteiger partial charge is 0.447 e. The van der Waals surface area contributed by atoms with Gasteiger partial charge in [0.15, 0.2) is 0 Å². The molecule has 4 heteroatoms. The Morgan fingerprint density at radius 3 is 2.88 bits per heavy atom. The second kappa shape index (κ2) is 3.86. The molecular weight excluding hydrogens is 204 g/mol. The van der Waals surface area contributed by atoms with Crippen molar-refractivity contribution in [3.8, 4) is 0 Å². The van der Waals surface area contributed by atoms with Crippen LogP contribution in [0.1, 0.15) is 49.6 Å². The van der Waals surface area contributed by atoms with Crippen LogP contribution in [0.5, 0.6) is 0 Å². The standard InChI is InChI=1S/C12H18N2O2/c13-12(4-2-5-12)11-14-10(8-16-11)9-3-1-6-15-7-9/h8-9H,1-7,13H2. The van der Waals surface area contributed by atoms with Crippen molar-refractivity contribution in [3.05, 3.63) is 17.8 Å². The van der Waals surface area contributed by atoms with Gasteiger partial charge in [0.05, 0.1) is 17.8 Å². The summed E-state index contributed by atoms with van der Waals surface area (Å²) in [5, 5.41) is 0. The summed E-state index contributed by atoms with van der Waals surface area (Å²) in [5.74, 6) is 1.12. The zero-order valence-corrected chi connectivity index (χ0v) is 9.45. The minimum Gasteiger partial charge on any atom is -0.447 e. The third-order valence-electron chi connectivity index (χ3n) is 3.77. The molecule has 1 aromatic heterocycles. The maximum Gasteiger partial charge on any atom is 0.214 e. The van der Waals surface area contributed by atoms with Crippen LogP contribution in [-0.2, 0) is 10.3 Å². The minimum absolute atomic E-state index is 0.284. The van der Waals surface area contributed by atoms with Gasteiger partial charge in [0.1, 0.15) is 6.26 Å². The fourth-order valence-corrected chi connectivity index (χ4v) is 2.45. The lowest BCUT2D eigenvalue weighted by Gasteiger charge is -2.34. The van der Waals surface area contributed by atoms with Crippen molar-refractivity contribution in [1.82, 2.24) is 4.98 Å². The maximum absolute atomic E-state index is 6.18. The first-order chi connectivity index (χ1) is 7.78. The SMILES string of the molecule is NC1(c2nc(C3CCCOC3)co2)CCC1. The summed E-state index contributed by atoms with van der Waals surface area (Å²) in [7, 11) is 0. The lowest BCUT2D eigenvalue weighted by Crippen LogP contribution is -2.43. The third kappa shape index (κ3) is 1.66. The Morgan fingerprint density at radius 2 is 2.25 bits per heavy atom. The van der Waals surface area contributed by atoms with E-state index in [9.17, 15) is 0 Å². The van der Waals surface area contributed by atoms with Crippen LogP contribution in [0.25, 0.3) is 0 Å². The number of ether oxygens (including phenoxy) is 1. The monoisotopic (exact) mass is 222 g/mol. The molecule has 1 saturated carbocycles.